The number of aliphatic carboxylic acids is 1. The molecule has 7 nitrogen and oxygen atoms in total. The lowest BCUT2D eigenvalue weighted by Gasteiger charge is -2.02. The van der Waals surface area contributed by atoms with Crippen molar-refractivity contribution >= 4 is 23.7 Å². The zero-order valence-corrected chi connectivity index (χ0v) is 12.8. The Morgan fingerprint density at radius 2 is 1.62 bits per heavy atom. The quantitative estimate of drug-likeness (QED) is 0.328. The lowest BCUT2D eigenvalue weighted by molar-refractivity contribution is -0.157. The summed E-state index contributed by atoms with van der Waals surface area (Å²) in [6, 6.07) is 0. The third-order valence-electron chi connectivity index (χ3n) is 1.84. The van der Waals surface area contributed by atoms with Crippen molar-refractivity contribution in [3.05, 3.63) is 11.6 Å². The normalized spacial score (nSPS) is 10.2. The van der Waals surface area contributed by atoms with Gasteiger partial charge in [-0.1, -0.05) is 6.08 Å². The Hall–Kier alpha value is -2.02. The molecular weight excluding hydrogens is 280 g/mol. The third-order valence-corrected chi connectivity index (χ3v) is 1.84. The zero-order valence-electron chi connectivity index (χ0n) is 12.8. The fraction of sp³-hybridized carbons (Fsp3) is 0.571. The molecule has 0 aliphatic rings. The Kier molecular flexibility index (Phi) is 13.2. The molecule has 7 heteroatoms. The van der Waals surface area contributed by atoms with Crippen molar-refractivity contribution in [2.45, 2.75) is 40.5 Å². The van der Waals surface area contributed by atoms with Gasteiger partial charge in [-0.2, -0.15) is 0 Å². The lowest BCUT2D eigenvalue weighted by Crippen LogP contribution is -2.15. The van der Waals surface area contributed by atoms with Gasteiger partial charge >= 0.3 is 11.9 Å². The summed E-state index contributed by atoms with van der Waals surface area (Å²) >= 11 is 0. The SMILES string of the molecule is CC(=O)O.CCOCCC=C(C)C(=O)OC(=O)CC(C)=O. The Labute approximate surface area is 123 Å². The molecule has 0 unspecified atom stereocenters. The molecule has 120 valence electrons. The first-order chi connectivity index (χ1) is 9.70. The topological polar surface area (TPSA) is 107 Å². The van der Waals surface area contributed by atoms with E-state index in [4.69, 9.17) is 14.6 Å². The van der Waals surface area contributed by atoms with Crippen molar-refractivity contribution in [1.29, 1.82) is 0 Å². The molecule has 0 radical (unpaired) electrons. The number of ketones is 1. The second-order valence-electron chi connectivity index (χ2n) is 4.03. The lowest BCUT2D eigenvalue weighted by atomic mass is 10.2. The summed E-state index contributed by atoms with van der Waals surface area (Å²) in [5.41, 5.74) is 0.335. The monoisotopic (exact) mass is 302 g/mol. The average molecular weight is 302 g/mol. The molecule has 0 amide bonds. The first-order valence-corrected chi connectivity index (χ1v) is 6.39. The molecular formula is C14H22O7. The van der Waals surface area contributed by atoms with Gasteiger partial charge in [-0.05, 0) is 27.2 Å². The molecule has 0 aromatic rings. The minimum absolute atomic E-state index is 0.333. The number of rotatable bonds is 7. The second kappa shape index (κ2) is 13.0. The summed E-state index contributed by atoms with van der Waals surface area (Å²) in [6.45, 7) is 6.91. The molecule has 0 saturated heterocycles. The van der Waals surface area contributed by atoms with E-state index >= 15 is 0 Å². The van der Waals surface area contributed by atoms with Crippen LogP contribution in [0, 0.1) is 0 Å². The number of hydrogen-bond acceptors (Lipinski definition) is 6. The van der Waals surface area contributed by atoms with E-state index in [2.05, 4.69) is 4.74 Å². The minimum atomic E-state index is -0.833. The van der Waals surface area contributed by atoms with E-state index in [9.17, 15) is 14.4 Å². The summed E-state index contributed by atoms with van der Waals surface area (Å²) in [7, 11) is 0. The maximum absolute atomic E-state index is 11.3. The van der Waals surface area contributed by atoms with Crippen molar-refractivity contribution in [2.75, 3.05) is 13.2 Å². The molecule has 1 N–H and O–H groups in total. The van der Waals surface area contributed by atoms with Crippen LogP contribution in [0.3, 0.4) is 0 Å². The van der Waals surface area contributed by atoms with Gasteiger partial charge in [0.05, 0.1) is 6.61 Å². The Morgan fingerprint density at radius 3 is 2.05 bits per heavy atom. The van der Waals surface area contributed by atoms with Crippen molar-refractivity contribution in [3.8, 4) is 0 Å². The molecule has 0 aromatic carbocycles. The molecule has 0 fully saturated rings. The number of hydrogen-bond donors (Lipinski definition) is 1. The summed E-state index contributed by atoms with van der Waals surface area (Å²) in [5.74, 6) is -2.70. The highest BCUT2D eigenvalue weighted by Crippen LogP contribution is 2.01. The van der Waals surface area contributed by atoms with Gasteiger partial charge in [-0.3, -0.25) is 14.4 Å². The molecule has 21 heavy (non-hydrogen) atoms. The van der Waals surface area contributed by atoms with Gasteiger partial charge in [0, 0.05) is 19.1 Å². The summed E-state index contributed by atoms with van der Waals surface area (Å²) in [5, 5.41) is 7.42. The van der Waals surface area contributed by atoms with Crippen molar-refractivity contribution in [2.24, 2.45) is 0 Å². The number of carboxylic acid groups (broad SMARTS) is 1. The van der Waals surface area contributed by atoms with Crippen LogP contribution in [-0.2, 0) is 28.7 Å². The molecule has 0 atom stereocenters. The van der Waals surface area contributed by atoms with Crippen LogP contribution in [-0.4, -0.2) is 42.0 Å². The van der Waals surface area contributed by atoms with Crippen LogP contribution in [0.25, 0.3) is 0 Å². The summed E-state index contributed by atoms with van der Waals surface area (Å²) in [6.07, 6.45) is 1.84. The minimum Gasteiger partial charge on any atom is -0.481 e. The van der Waals surface area contributed by atoms with E-state index in [1.165, 1.54) is 6.92 Å². The molecule has 0 aromatic heterocycles. The maximum Gasteiger partial charge on any atom is 0.341 e. The number of carbonyl (C=O) groups is 4. The fourth-order valence-corrected chi connectivity index (χ4v) is 1.01. The predicted octanol–water partition coefficient (Wildman–Crippen LogP) is 1.50. The van der Waals surface area contributed by atoms with Gasteiger partial charge in [0.25, 0.3) is 5.97 Å². The van der Waals surface area contributed by atoms with Crippen LogP contribution < -0.4 is 0 Å². The average Bonchev–Trinajstić information content (AvgIpc) is 2.32. The van der Waals surface area contributed by atoms with Gasteiger partial charge in [-0.25, -0.2) is 4.79 Å². The molecule has 0 rings (SSSR count). The highest BCUT2D eigenvalue weighted by atomic mass is 16.6. The smallest absolute Gasteiger partial charge is 0.341 e. The van der Waals surface area contributed by atoms with Crippen LogP contribution in [0.5, 0.6) is 0 Å². The largest absolute Gasteiger partial charge is 0.481 e. The third kappa shape index (κ3) is 18.0. The van der Waals surface area contributed by atoms with Crippen molar-refractivity contribution < 1.29 is 33.8 Å². The fourth-order valence-electron chi connectivity index (χ4n) is 1.01. The molecule has 0 heterocycles. The molecule has 0 spiro atoms. The van der Waals surface area contributed by atoms with Gasteiger partial charge < -0.3 is 14.6 Å². The van der Waals surface area contributed by atoms with Crippen LogP contribution in [0.15, 0.2) is 11.6 Å². The van der Waals surface area contributed by atoms with E-state index in [1.54, 1.807) is 13.0 Å². The number of esters is 2. The number of Topliss-reactive ketones (excluding diaryl/α,β-unsaturated/α-hetero) is 1. The standard InChI is InChI=1S/C12H18O5.C2H4O2/c1-4-16-7-5-6-9(2)12(15)17-11(14)8-10(3)13;1-2(3)4/h6H,4-5,7-8H2,1-3H3;1H3,(H,3,4). The second-order valence-corrected chi connectivity index (χ2v) is 4.03. The highest BCUT2D eigenvalue weighted by molar-refractivity contribution is 6.01. The van der Waals surface area contributed by atoms with E-state index in [0.29, 0.717) is 25.2 Å². The molecule has 0 bridgehead atoms. The van der Waals surface area contributed by atoms with Gasteiger partial charge in [0.2, 0.25) is 0 Å². The molecule has 0 saturated carbocycles. The first kappa shape index (κ1) is 21.3. The van der Waals surface area contributed by atoms with Crippen LogP contribution in [0.2, 0.25) is 0 Å². The predicted molar refractivity (Wildman–Crippen MR) is 74.6 cm³/mol. The van der Waals surface area contributed by atoms with Gasteiger partial charge in [-0.15, -0.1) is 0 Å². The van der Waals surface area contributed by atoms with E-state index < -0.39 is 17.9 Å². The maximum atomic E-state index is 11.3. The number of ether oxygens (including phenoxy) is 2. The molecule has 0 aliphatic heterocycles. The van der Waals surface area contributed by atoms with E-state index in [-0.39, 0.29) is 12.2 Å². The van der Waals surface area contributed by atoms with Crippen molar-refractivity contribution in [1.82, 2.24) is 0 Å². The van der Waals surface area contributed by atoms with Crippen LogP contribution in [0.4, 0.5) is 0 Å². The Bertz CT molecular complexity index is 392. The van der Waals surface area contributed by atoms with Gasteiger partial charge in [0.1, 0.15) is 12.2 Å². The number of carbonyl (C=O) groups excluding carboxylic acids is 3. The van der Waals surface area contributed by atoms with E-state index in [0.717, 1.165) is 6.92 Å². The van der Waals surface area contributed by atoms with Gasteiger partial charge in [0.15, 0.2) is 0 Å². The van der Waals surface area contributed by atoms with Crippen LogP contribution in [0.1, 0.15) is 40.5 Å². The van der Waals surface area contributed by atoms with Crippen molar-refractivity contribution in [3.63, 3.8) is 0 Å². The molecule has 0 aliphatic carbocycles. The Morgan fingerprint density at radius 1 is 1.10 bits per heavy atom. The summed E-state index contributed by atoms with van der Waals surface area (Å²) in [4.78, 5) is 42.0. The Balaban J connectivity index is 0. The summed E-state index contributed by atoms with van der Waals surface area (Å²) < 4.78 is 9.56. The first-order valence-electron chi connectivity index (χ1n) is 6.39. The highest BCUT2D eigenvalue weighted by Gasteiger charge is 2.13. The van der Waals surface area contributed by atoms with E-state index in [1.807, 2.05) is 6.92 Å². The zero-order chi connectivity index (χ0) is 16.8. The number of carboxylic acids is 1. The van der Waals surface area contributed by atoms with Crippen LogP contribution >= 0.6 is 0 Å².